The van der Waals surface area contributed by atoms with Gasteiger partial charge in [0.25, 0.3) is 0 Å². The lowest BCUT2D eigenvalue weighted by Crippen LogP contribution is -2.01. The van der Waals surface area contributed by atoms with Gasteiger partial charge in [-0.2, -0.15) is 0 Å². The maximum atomic E-state index is 10.5. The van der Waals surface area contributed by atoms with Crippen LogP contribution in [0.25, 0.3) is 0 Å². The average molecular weight is 328 g/mol. The first-order valence-corrected chi connectivity index (χ1v) is 5.33. The summed E-state index contributed by atoms with van der Waals surface area (Å²) in [6.07, 6.45) is -0.0538. The third-order valence-electron chi connectivity index (χ3n) is 1.47. The summed E-state index contributed by atoms with van der Waals surface area (Å²) in [7, 11) is 0. The first-order valence-electron chi connectivity index (χ1n) is 3.36. The molecular weight excluding hydrogens is 323 g/mol. The van der Waals surface area contributed by atoms with E-state index in [0.717, 1.165) is 4.47 Å². The maximum absolute atomic E-state index is 10.5. The number of halogens is 3. The SMILES string of the molecule is O=C(O)Cc1c(Br)ccc(Cl)c1Br. The van der Waals surface area contributed by atoms with Crippen LogP contribution in [0.15, 0.2) is 21.1 Å². The van der Waals surface area contributed by atoms with E-state index < -0.39 is 5.97 Å². The quantitative estimate of drug-likeness (QED) is 0.844. The summed E-state index contributed by atoms with van der Waals surface area (Å²) in [6.45, 7) is 0. The second kappa shape index (κ2) is 4.44. The normalized spacial score (nSPS) is 10.1. The first kappa shape index (κ1) is 11.0. The Morgan fingerprint density at radius 1 is 1.46 bits per heavy atom. The molecular formula is C8H5Br2ClO2. The highest BCUT2D eigenvalue weighted by Gasteiger charge is 2.11. The Kier molecular flexibility index (Phi) is 3.76. The summed E-state index contributed by atoms with van der Waals surface area (Å²) in [5.41, 5.74) is 0.653. The van der Waals surface area contributed by atoms with Crippen molar-refractivity contribution in [3.05, 3.63) is 31.7 Å². The van der Waals surface area contributed by atoms with Crippen molar-refractivity contribution >= 4 is 49.4 Å². The third kappa shape index (κ3) is 2.69. The van der Waals surface area contributed by atoms with Gasteiger partial charge >= 0.3 is 5.97 Å². The van der Waals surface area contributed by atoms with E-state index in [2.05, 4.69) is 31.9 Å². The number of hydrogen-bond donors (Lipinski definition) is 1. The largest absolute Gasteiger partial charge is 0.481 e. The van der Waals surface area contributed by atoms with Crippen LogP contribution >= 0.6 is 43.5 Å². The summed E-state index contributed by atoms with van der Waals surface area (Å²) < 4.78 is 1.37. The smallest absolute Gasteiger partial charge is 0.307 e. The molecule has 0 saturated carbocycles. The van der Waals surface area contributed by atoms with Gasteiger partial charge in [-0.3, -0.25) is 4.79 Å². The van der Waals surface area contributed by atoms with Crippen LogP contribution in [0.5, 0.6) is 0 Å². The minimum atomic E-state index is -0.885. The fourth-order valence-electron chi connectivity index (χ4n) is 0.882. The molecule has 1 aromatic rings. The molecule has 0 aliphatic rings. The second-order valence-electron chi connectivity index (χ2n) is 2.39. The highest BCUT2D eigenvalue weighted by Crippen LogP contribution is 2.32. The van der Waals surface area contributed by atoms with Crippen molar-refractivity contribution in [3.8, 4) is 0 Å². The van der Waals surface area contributed by atoms with Gasteiger partial charge in [0.15, 0.2) is 0 Å². The van der Waals surface area contributed by atoms with Gasteiger partial charge in [-0.25, -0.2) is 0 Å². The van der Waals surface area contributed by atoms with Crippen LogP contribution < -0.4 is 0 Å². The molecule has 13 heavy (non-hydrogen) atoms. The predicted octanol–water partition coefficient (Wildman–Crippen LogP) is 3.49. The van der Waals surface area contributed by atoms with E-state index in [9.17, 15) is 4.79 Å². The lowest BCUT2D eigenvalue weighted by Gasteiger charge is -2.05. The van der Waals surface area contributed by atoms with E-state index in [1.54, 1.807) is 12.1 Å². The second-order valence-corrected chi connectivity index (χ2v) is 4.45. The Bertz CT molecular complexity index is 352. The molecule has 0 spiro atoms. The van der Waals surface area contributed by atoms with Gasteiger partial charge in [-0.15, -0.1) is 0 Å². The zero-order valence-corrected chi connectivity index (χ0v) is 10.3. The molecule has 0 unspecified atom stereocenters. The van der Waals surface area contributed by atoms with Gasteiger partial charge in [0, 0.05) is 8.95 Å². The van der Waals surface area contributed by atoms with Gasteiger partial charge in [0.2, 0.25) is 0 Å². The van der Waals surface area contributed by atoms with Gasteiger partial charge in [-0.1, -0.05) is 27.5 Å². The van der Waals surface area contributed by atoms with E-state index in [0.29, 0.717) is 15.1 Å². The topological polar surface area (TPSA) is 37.3 Å². The molecule has 1 aromatic carbocycles. The van der Waals surface area contributed by atoms with Gasteiger partial charge in [-0.05, 0) is 33.6 Å². The van der Waals surface area contributed by atoms with Gasteiger partial charge in [0.1, 0.15) is 0 Å². The molecule has 0 fully saturated rings. The van der Waals surface area contributed by atoms with Crippen LogP contribution in [0.3, 0.4) is 0 Å². The number of hydrogen-bond acceptors (Lipinski definition) is 1. The Labute approximate surface area is 97.2 Å². The molecule has 0 aliphatic carbocycles. The zero-order chi connectivity index (χ0) is 10.0. The number of rotatable bonds is 2. The Balaban J connectivity index is 3.17. The number of carbonyl (C=O) groups is 1. The van der Waals surface area contributed by atoms with Crippen LogP contribution in [-0.4, -0.2) is 11.1 Å². The van der Waals surface area contributed by atoms with Crippen molar-refractivity contribution in [1.29, 1.82) is 0 Å². The molecule has 0 amide bonds. The molecule has 0 radical (unpaired) electrons. The van der Waals surface area contributed by atoms with Crippen LogP contribution in [0.4, 0.5) is 0 Å². The van der Waals surface area contributed by atoms with Gasteiger partial charge < -0.3 is 5.11 Å². The summed E-state index contributed by atoms with van der Waals surface area (Å²) in [4.78, 5) is 10.5. The molecule has 0 aliphatic heterocycles. The Morgan fingerprint density at radius 3 is 2.62 bits per heavy atom. The maximum Gasteiger partial charge on any atom is 0.307 e. The van der Waals surface area contributed by atoms with Crippen molar-refractivity contribution in [2.45, 2.75) is 6.42 Å². The molecule has 1 rings (SSSR count). The predicted molar refractivity (Wildman–Crippen MR) is 58.2 cm³/mol. The van der Waals surface area contributed by atoms with Crippen molar-refractivity contribution in [2.24, 2.45) is 0 Å². The van der Waals surface area contributed by atoms with Crippen molar-refractivity contribution in [1.82, 2.24) is 0 Å². The van der Waals surface area contributed by atoms with E-state index in [1.165, 1.54) is 0 Å². The fourth-order valence-corrected chi connectivity index (χ4v) is 2.28. The summed E-state index contributed by atoms with van der Waals surface area (Å²) in [5.74, 6) is -0.885. The minimum absolute atomic E-state index is 0.0538. The zero-order valence-electron chi connectivity index (χ0n) is 6.35. The first-order chi connectivity index (χ1) is 6.02. The molecule has 2 nitrogen and oxygen atoms in total. The highest BCUT2D eigenvalue weighted by atomic mass is 79.9. The molecule has 70 valence electrons. The summed E-state index contributed by atoms with van der Waals surface area (Å²) >= 11 is 12.3. The molecule has 0 heterocycles. The number of carboxylic acids is 1. The monoisotopic (exact) mass is 326 g/mol. The van der Waals surface area contributed by atoms with Gasteiger partial charge in [0.05, 0.1) is 11.4 Å². The standard InChI is InChI=1S/C8H5Br2ClO2/c9-5-1-2-6(11)8(10)4(5)3-7(12)13/h1-2H,3H2,(H,12,13). The summed E-state index contributed by atoms with van der Waals surface area (Å²) in [5, 5.41) is 9.14. The third-order valence-corrected chi connectivity index (χ3v) is 3.66. The Morgan fingerprint density at radius 2 is 2.08 bits per heavy atom. The van der Waals surface area contributed by atoms with E-state index >= 15 is 0 Å². The Hall–Kier alpha value is -0.0600. The molecule has 0 bridgehead atoms. The van der Waals surface area contributed by atoms with Crippen LogP contribution in [-0.2, 0) is 11.2 Å². The molecule has 0 atom stereocenters. The fraction of sp³-hybridized carbons (Fsp3) is 0.125. The lowest BCUT2D eigenvalue weighted by atomic mass is 10.1. The number of aliphatic carboxylic acids is 1. The molecule has 5 heteroatoms. The molecule has 0 aromatic heterocycles. The lowest BCUT2D eigenvalue weighted by molar-refractivity contribution is -0.136. The van der Waals surface area contributed by atoms with Crippen molar-refractivity contribution < 1.29 is 9.90 Å². The van der Waals surface area contributed by atoms with Crippen LogP contribution in [0.2, 0.25) is 5.02 Å². The minimum Gasteiger partial charge on any atom is -0.481 e. The molecule has 0 saturated heterocycles. The van der Waals surface area contributed by atoms with E-state index in [1.807, 2.05) is 0 Å². The molecule has 1 N–H and O–H groups in total. The van der Waals surface area contributed by atoms with E-state index in [-0.39, 0.29) is 6.42 Å². The summed E-state index contributed by atoms with van der Waals surface area (Å²) in [6, 6.07) is 3.42. The van der Waals surface area contributed by atoms with Crippen molar-refractivity contribution in [3.63, 3.8) is 0 Å². The van der Waals surface area contributed by atoms with Crippen LogP contribution in [0.1, 0.15) is 5.56 Å². The number of benzene rings is 1. The average Bonchev–Trinajstić information content (AvgIpc) is 2.05. The van der Waals surface area contributed by atoms with Crippen LogP contribution in [0, 0.1) is 0 Å². The number of carboxylic acid groups (broad SMARTS) is 1. The highest BCUT2D eigenvalue weighted by molar-refractivity contribution is 9.11. The van der Waals surface area contributed by atoms with E-state index in [4.69, 9.17) is 16.7 Å². The van der Waals surface area contributed by atoms with Crippen molar-refractivity contribution in [2.75, 3.05) is 0 Å².